The minimum atomic E-state index is -0.0140. The molecule has 0 saturated carbocycles. The van der Waals surface area contributed by atoms with Crippen molar-refractivity contribution in [2.45, 2.75) is 13.8 Å². The van der Waals surface area contributed by atoms with Crippen molar-refractivity contribution in [3.8, 4) is 0 Å². The van der Waals surface area contributed by atoms with Gasteiger partial charge in [-0.25, -0.2) is 0 Å². The molecule has 0 aliphatic rings. The van der Waals surface area contributed by atoms with Gasteiger partial charge in [-0.3, -0.25) is 9.69 Å². The highest BCUT2D eigenvalue weighted by Gasteiger charge is 2.20. The first-order valence-corrected chi connectivity index (χ1v) is 7.68. The Morgan fingerprint density at radius 1 is 0.739 bits per heavy atom. The molecule has 0 bridgehead atoms. The fourth-order valence-corrected chi connectivity index (χ4v) is 2.71. The Morgan fingerprint density at radius 3 is 1.74 bits per heavy atom. The van der Waals surface area contributed by atoms with Crippen molar-refractivity contribution in [2.24, 2.45) is 0 Å². The van der Waals surface area contributed by atoms with E-state index >= 15 is 0 Å². The van der Waals surface area contributed by atoms with Gasteiger partial charge in [0.15, 0.2) is 0 Å². The van der Waals surface area contributed by atoms with Crippen molar-refractivity contribution < 1.29 is 4.79 Å². The maximum absolute atomic E-state index is 13.2. The third kappa shape index (κ3) is 3.16. The summed E-state index contributed by atoms with van der Waals surface area (Å²) in [6.45, 7) is 4.02. The number of hydrogen-bond donors (Lipinski definition) is 0. The SMILES string of the molecule is Cc1ccc(C(=O)N(c2ccccc2)c2ccccc2)c(C)c1. The van der Waals surface area contributed by atoms with E-state index in [4.69, 9.17) is 0 Å². The molecule has 0 aliphatic carbocycles. The summed E-state index contributed by atoms with van der Waals surface area (Å²) >= 11 is 0. The molecule has 3 aromatic rings. The van der Waals surface area contributed by atoms with Gasteiger partial charge >= 0.3 is 0 Å². The number of carbonyl (C=O) groups excluding carboxylic acids is 1. The van der Waals surface area contributed by atoms with E-state index in [-0.39, 0.29) is 5.91 Å². The first-order chi connectivity index (χ1) is 11.2. The van der Waals surface area contributed by atoms with E-state index in [1.54, 1.807) is 4.90 Å². The van der Waals surface area contributed by atoms with Gasteiger partial charge in [0.25, 0.3) is 5.91 Å². The lowest BCUT2D eigenvalue weighted by Crippen LogP contribution is -2.26. The van der Waals surface area contributed by atoms with Crippen LogP contribution in [-0.4, -0.2) is 5.91 Å². The molecular formula is C21H19NO. The second-order valence-electron chi connectivity index (χ2n) is 5.63. The minimum Gasteiger partial charge on any atom is -0.277 e. The normalized spacial score (nSPS) is 10.3. The largest absolute Gasteiger partial charge is 0.277 e. The van der Waals surface area contributed by atoms with Crippen LogP contribution in [0.2, 0.25) is 0 Å². The van der Waals surface area contributed by atoms with Crippen LogP contribution >= 0.6 is 0 Å². The second kappa shape index (κ2) is 6.49. The van der Waals surface area contributed by atoms with E-state index in [0.717, 1.165) is 28.1 Å². The van der Waals surface area contributed by atoms with Gasteiger partial charge < -0.3 is 0 Å². The maximum Gasteiger partial charge on any atom is 0.263 e. The molecule has 0 radical (unpaired) electrons. The molecule has 2 heteroatoms. The molecule has 1 amide bonds. The molecule has 0 unspecified atom stereocenters. The molecule has 0 aliphatic heterocycles. The van der Waals surface area contributed by atoms with Crippen LogP contribution in [0.25, 0.3) is 0 Å². The fourth-order valence-electron chi connectivity index (χ4n) is 2.71. The first-order valence-electron chi connectivity index (χ1n) is 7.68. The monoisotopic (exact) mass is 301 g/mol. The highest BCUT2D eigenvalue weighted by molar-refractivity contribution is 6.11. The third-order valence-electron chi connectivity index (χ3n) is 3.84. The molecule has 0 fully saturated rings. The summed E-state index contributed by atoms with van der Waals surface area (Å²) in [6.07, 6.45) is 0. The van der Waals surface area contributed by atoms with E-state index in [0.29, 0.717) is 0 Å². The number of carbonyl (C=O) groups is 1. The van der Waals surface area contributed by atoms with Crippen LogP contribution < -0.4 is 4.90 Å². The molecule has 0 aromatic heterocycles. The van der Waals surface area contributed by atoms with Gasteiger partial charge in [-0.1, -0.05) is 54.1 Å². The molecule has 0 atom stereocenters. The van der Waals surface area contributed by atoms with E-state index in [9.17, 15) is 4.79 Å². The van der Waals surface area contributed by atoms with Gasteiger partial charge in [0.2, 0.25) is 0 Å². The fraction of sp³-hybridized carbons (Fsp3) is 0.0952. The lowest BCUT2D eigenvalue weighted by atomic mass is 10.0. The smallest absolute Gasteiger partial charge is 0.263 e. The average molecular weight is 301 g/mol. The number of benzene rings is 3. The second-order valence-corrected chi connectivity index (χ2v) is 5.63. The quantitative estimate of drug-likeness (QED) is 0.644. The average Bonchev–Trinajstić information content (AvgIpc) is 2.57. The lowest BCUT2D eigenvalue weighted by molar-refractivity contribution is 0.0998. The van der Waals surface area contributed by atoms with E-state index in [2.05, 4.69) is 0 Å². The van der Waals surface area contributed by atoms with Crippen LogP contribution in [0.15, 0.2) is 78.9 Å². The number of nitrogens with zero attached hydrogens (tertiary/aromatic N) is 1. The molecule has 0 N–H and O–H groups in total. The van der Waals surface area contributed by atoms with E-state index in [1.165, 1.54) is 0 Å². The third-order valence-corrected chi connectivity index (χ3v) is 3.84. The number of amides is 1. The summed E-state index contributed by atoms with van der Waals surface area (Å²) in [5, 5.41) is 0. The predicted molar refractivity (Wildman–Crippen MR) is 95.3 cm³/mol. The Labute approximate surface area is 137 Å². The molecule has 0 saturated heterocycles. The Kier molecular flexibility index (Phi) is 4.24. The molecule has 23 heavy (non-hydrogen) atoms. The van der Waals surface area contributed by atoms with Crippen LogP contribution in [0.5, 0.6) is 0 Å². The van der Waals surface area contributed by atoms with E-state index < -0.39 is 0 Å². The Morgan fingerprint density at radius 2 is 1.26 bits per heavy atom. The number of hydrogen-bond acceptors (Lipinski definition) is 1. The van der Waals surface area contributed by atoms with Crippen molar-refractivity contribution in [1.29, 1.82) is 0 Å². The summed E-state index contributed by atoms with van der Waals surface area (Å²) in [5.41, 5.74) is 4.60. The number of aryl methyl sites for hydroxylation is 2. The zero-order chi connectivity index (χ0) is 16.2. The Balaban J connectivity index is 2.10. The Bertz CT molecular complexity index is 770. The molecule has 3 rings (SSSR count). The highest BCUT2D eigenvalue weighted by atomic mass is 16.2. The van der Waals surface area contributed by atoms with Gasteiger partial charge in [-0.15, -0.1) is 0 Å². The molecule has 0 spiro atoms. The van der Waals surface area contributed by atoms with Crippen molar-refractivity contribution in [2.75, 3.05) is 4.90 Å². The molecule has 114 valence electrons. The van der Waals surface area contributed by atoms with Gasteiger partial charge in [0, 0.05) is 16.9 Å². The van der Waals surface area contributed by atoms with Crippen LogP contribution in [0.3, 0.4) is 0 Å². The zero-order valence-electron chi connectivity index (χ0n) is 13.4. The van der Waals surface area contributed by atoms with Crippen LogP contribution in [-0.2, 0) is 0 Å². The van der Waals surface area contributed by atoms with Crippen LogP contribution in [0, 0.1) is 13.8 Å². The highest BCUT2D eigenvalue weighted by Crippen LogP contribution is 2.28. The zero-order valence-corrected chi connectivity index (χ0v) is 13.4. The van der Waals surface area contributed by atoms with Gasteiger partial charge in [-0.2, -0.15) is 0 Å². The standard InChI is InChI=1S/C21H19NO/c1-16-13-14-20(17(2)15-16)21(23)22(18-9-5-3-6-10-18)19-11-7-4-8-12-19/h3-15H,1-2H3. The summed E-state index contributed by atoms with van der Waals surface area (Å²) in [5.74, 6) is -0.0140. The first kappa shape index (κ1) is 15.0. The number of rotatable bonds is 3. The molecule has 0 heterocycles. The number of anilines is 2. The van der Waals surface area contributed by atoms with E-state index in [1.807, 2.05) is 92.7 Å². The molecule has 3 aromatic carbocycles. The lowest BCUT2D eigenvalue weighted by Gasteiger charge is -2.24. The van der Waals surface area contributed by atoms with Gasteiger partial charge in [0.05, 0.1) is 0 Å². The topological polar surface area (TPSA) is 20.3 Å². The minimum absolute atomic E-state index is 0.0140. The summed E-state index contributed by atoms with van der Waals surface area (Å²) in [6, 6.07) is 25.4. The Hall–Kier alpha value is -2.87. The maximum atomic E-state index is 13.2. The molecule has 2 nitrogen and oxygen atoms in total. The molecular weight excluding hydrogens is 282 g/mol. The number of para-hydroxylation sites is 2. The van der Waals surface area contributed by atoms with Gasteiger partial charge in [-0.05, 0) is 49.7 Å². The predicted octanol–water partition coefficient (Wildman–Crippen LogP) is 5.28. The van der Waals surface area contributed by atoms with Crippen LogP contribution in [0.4, 0.5) is 11.4 Å². The van der Waals surface area contributed by atoms with Crippen molar-refractivity contribution in [3.05, 3.63) is 95.6 Å². The van der Waals surface area contributed by atoms with Crippen molar-refractivity contribution in [3.63, 3.8) is 0 Å². The summed E-state index contributed by atoms with van der Waals surface area (Å²) in [7, 11) is 0. The van der Waals surface area contributed by atoms with Crippen molar-refractivity contribution >= 4 is 17.3 Å². The summed E-state index contributed by atoms with van der Waals surface area (Å²) in [4.78, 5) is 15.0. The van der Waals surface area contributed by atoms with Gasteiger partial charge in [0.1, 0.15) is 0 Å². The summed E-state index contributed by atoms with van der Waals surface area (Å²) < 4.78 is 0. The van der Waals surface area contributed by atoms with Crippen molar-refractivity contribution in [1.82, 2.24) is 0 Å². The van der Waals surface area contributed by atoms with Crippen LogP contribution in [0.1, 0.15) is 21.5 Å².